The van der Waals surface area contributed by atoms with Gasteiger partial charge in [0.25, 0.3) is 5.91 Å². The molecule has 2 rings (SSSR count). The first-order valence-electron chi connectivity index (χ1n) is 7.39. The van der Waals surface area contributed by atoms with Crippen molar-refractivity contribution in [3.8, 4) is 0 Å². The van der Waals surface area contributed by atoms with E-state index in [-0.39, 0.29) is 5.91 Å². The minimum atomic E-state index is 0.0857. The maximum atomic E-state index is 12.4. The number of amides is 1. The molecule has 1 aromatic carbocycles. The summed E-state index contributed by atoms with van der Waals surface area (Å²) in [5.41, 5.74) is 7.33. The van der Waals surface area contributed by atoms with Gasteiger partial charge in [-0.25, -0.2) is 0 Å². The molecule has 0 saturated carbocycles. The van der Waals surface area contributed by atoms with Gasteiger partial charge >= 0.3 is 0 Å². The van der Waals surface area contributed by atoms with Crippen LogP contribution in [-0.2, 0) is 0 Å². The highest BCUT2D eigenvalue weighted by molar-refractivity contribution is 7.99. The molecule has 1 aliphatic heterocycles. The third-order valence-corrected chi connectivity index (χ3v) is 4.90. The quantitative estimate of drug-likeness (QED) is 0.680. The Morgan fingerprint density at radius 2 is 2.00 bits per heavy atom. The van der Waals surface area contributed by atoms with Crippen LogP contribution in [-0.4, -0.2) is 29.6 Å². The highest BCUT2D eigenvalue weighted by atomic mass is 32.2. The van der Waals surface area contributed by atoms with Crippen molar-refractivity contribution < 1.29 is 4.79 Å². The number of hydrogen-bond donors (Lipinski definition) is 1. The standard InChI is InChI=1S/C16H24N2OS/c1-12(2)11-20-13-6-7-14(15(17)10-13)16(19)18-8-4-3-5-9-18/h6-7,10,12H,3-5,8-9,11,17H2,1-2H3. The van der Waals surface area contributed by atoms with Crippen LogP contribution in [0.15, 0.2) is 23.1 Å². The van der Waals surface area contributed by atoms with Crippen LogP contribution in [0, 0.1) is 5.92 Å². The molecule has 110 valence electrons. The van der Waals surface area contributed by atoms with Gasteiger partial charge in [-0.3, -0.25) is 4.79 Å². The predicted molar refractivity (Wildman–Crippen MR) is 86.2 cm³/mol. The van der Waals surface area contributed by atoms with Crippen molar-refractivity contribution in [2.45, 2.75) is 38.0 Å². The number of rotatable bonds is 4. The van der Waals surface area contributed by atoms with E-state index < -0.39 is 0 Å². The second-order valence-electron chi connectivity index (χ2n) is 5.81. The molecule has 1 amide bonds. The van der Waals surface area contributed by atoms with E-state index in [9.17, 15) is 4.79 Å². The smallest absolute Gasteiger partial charge is 0.255 e. The monoisotopic (exact) mass is 292 g/mol. The molecule has 2 N–H and O–H groups in total. The number of carbonyl (C=O) groups is 1. The molecular weight excluding hydrogens is 268 g/mol. The number of benzene rings is 1. The highest BCUT2D eigenvalue weighted by Crippen LogP contribution is 2.26. The van der Waals surface area contributed by atoms with Crippen molar-refractivity contribution in [1.29, 1.82) is 0 Å². The molecule has 1 heterocycles. The lowest BCUT2D eigenvalue weighted by Crippen LogP contribution is -2.35. The number of hydrogen-bond acceptors (Lipinski definition) is 3. The van der Waals surface area contributed by atoms with Crippen LogP contribution >= 0.6 is 11.8 Å². The average molecular weight is 292 g/mol. The van der Waals surface area contributed by atoms with Crippen LogP contribution in [0.25, 0.3) is 0 Å². The van der Waals surface area contributed by atoms with E-state index in [4.69, 9.17) is 5.73 Å². The zero-order valence-corrected chi connectivity index (χ0v) is 13.2. The zero-order chi connectivity index (χ0) is 14.5. The van der Waals surface area contributed by atoms with Gasteiger partial charge in [0.1, 0.15) is 0 Å². The van der Waals surface area contributed by atoms with Gasteiger partial charge in [-0.1, -0.05) is 13.8 Å². The number of anilines is 1. The van der Waals surface area contributed by atoms with Crippen molar-refractivity contribution in [3.05, 3.63) is 23.8 Å². The lowest BCUT2D eigenvalue weighted by atomic mass is 10.1. The van der Waals surface area contributed by atoms with Gasteiger partial charge < -0.3 is 10.6 Å². The Hall–Kier alpha value is -1.16. The molecule has 1 aliphatic rings. The van der Waals surface area contributed by atoms with Crippen molar-refractivity contribution in [2.75, 3.05) is 24.6 Å². The lowest BCUT2D eigenvalue weighted by Gasteiger charge is -2.27. The summed E-state index contributed by atoms with van der Waals surface area (Å²) < 4.78 is 0. The Bertz CT molecular complexity index is 468. The average Bonchev–Trinajstić information content (AvgIpc) is 2.45. The van der Waals surface area contributed by atoms with E-state index in [1.165, 1.54) is 6.42 Å². The van der Waals surface area contributed by atoms with Crippen molar-refractivity contribution in [3.63, 3.8) is 0 Å². The van der Waals surface area contributed by atoms with Gasteiger partial charge in [0, 0.05) is 29.4 Å². The maximum Gasteiger partial charge on any atom is 0.255 e. The van der Waals surface area contributed by atoms with E-state index in [1.807, 2.05) is 23.1 Å². The van der Waals surface area contributed by atoms with Crippen LogP contribution < -0.4 is 5.73 Å². The SMILES string of the molecule is CC(C)CSc1ccc(C(=O)N2CCCCC2)c(N)c1. The minimum absolute atomic E-state index is 0.0857. The molecule has 1 fully saturated rings. The number of likely N-dealkylation sites (tertiary alicyclic amines) is 1. The molecule has 0 unspecified atom stereocenters. The molecule has 0 bridgehead atoms. The van der Waals surface area contributed by atoms with Gasteiger partial charge in [-0.2, -0.15) is 0 Å². The van der Waals surface area contributed by atoms with Gasteiger partial charge in [0.05, 0.1) is 5.56 Å². The molecule has 4 heteroatoms. The zero-order valence-electron chi connectivity index (χ0n) is 12.4. The molecule has 0 radical (unpaired) electrons. The Morgan fingerprint density at radius 3 is 2.60 bits per heavy atom. The van der Waals surface area contributed by atoms with Gasteiger partial charge in [0.2, 0.25) is 0 Å². The largest absolute Gasteiger partial charge is 0.398 e. The van der Waals surface area contributed by atoms with Gasteiger partial charge in [-0.05, 0) is 43.4 Å². The van der Waals surface area contributed by atoms with Crippen LogP contribution in [0.4, 0.5) is 5.69 Å². The van der Waals surface area contributed by atoms with Crippen LogP contribution in [0.3, 0.4) is 0 Å². The van der Waals surface area contributed by atoms with Crippen LogP contribution in [0.1, 0.15) is 43.5 Å². The number of nitrogen functional groups attached to an aromatic ring is 1. The first-order valence-corrected chi connectivity index (χ1v) is 8.38. The minimum Gasteiger partial charge on any atom is -0.398 e. The summed E-state index contributed by atoms with van der Waals surface area (Å²) in [5.74, 6) is 1.80. The number of nitrogens with zero attached hydrogens (tertiary/aromatic N) is 1. The van der Waals surface area contributed by atoms with E-state index >= 15 is 0 Å². The number of thioether (sulfide) groups is 1. The first kappa shape index (κ1) is 15.2. The summed E-state index contributed by atoms with van der Waals surface area (Å²) in [6.45, 7) is 6.12. The molecule has 20 heavy (non-hydrogen) atoms. The third-order valence-electron chi connectivity index (χ3n) is 3.48. The van der Waals surface area contributed by atoms with Crippen molar-refractivity contribution in [1.82, 2.24) is 4.90 Å². The molecule has 3 nitrogen and oxygen atoms in total. The normalized spacial score (nSPS) is 15.7. The summed E-state index contributed by atoms with van der Waals surface area (Å²) in [4.78, 5) is 15.5. The second-order valence-corrected chi connectivity index (χ2v) is 6.90. The summed E-state index contributed by atoms with van der Waals surface area (Å²) in [6.07, 6.45) is 3.44. The fraction of sp³-hybridized carbons (Fsp3) is 0.562. The number of carbonyl (C=O) groups excluding carboxylic acids is 1. The van der Waals surface area contributed by atoms with Crippen molar-refractivity contribution in [2.24, 2.45) is 5.92 Å². The van der Waals surface area contributed by atoms with E-state index in [2.05, 4.69) is 13.8 Å². The van der Waals surface area contributed by atoms with Gasteiger partial charge in [-0.15, -0.1) is 11.8 Å². The summed E-state index contributed by atoms with van der Waals surface area (Å²) in [6, 6.07) is 5.83. The maximum absolute atomic E-state index is 12.4. The number of piperidine rings is 1. The molecule has 0 spiro atoms. The summed E-state index contributed by atoms with van der Waals surface area (Å²) in [7, 11) is 0. The molecule has 1 aromatic rings. The lowest BCUT2D eigenvalue weighted by molar-refractivity contribution is 0.0725. The Kier molecular flexibility index (Phi) is 5.35. The molecule has 0 aliphatic carbocycles. The molecule has 1 saturated heterocycles. The second kappa shape index (κ2) is 7.02. The van der Waals surface area contributed by atoms with Crippen molar-refractivity contribution >= 4 is 23.4 Å². The molecule has 0 atom stereocenters. The van der Waals surface area contributed by atoms with E-state index in [1.54, 1.807) is 11.8 Å². The molecular formula is C16H24N2OS. The number of nitrogens with two attached hydrogens (primary N) is 1. The Labute approximate surface area is 125 Å². The van der Waals surface area contributed by atoms with Gasteiger partial charge in [0.15, 0.2) is 0 Å². The fourth-order valence-electron chi connectivity index (χ4n) is 2.36. The summed E-state index contributed by atoms with van der Waals surface area (Å²) >= 11 is 1.79. The highest BCUT2D eigenvalue weighted by Gasteiger charge is 2.20. The molecule has 0 aromatic heterocycles. The first-order chi connectivity index (χ1) is 9.58. The third kappa shape index (κ3) is 3.92. The van der Waals surface area contributed by atoms with Crippen LogP contribution in [0.2, 0.25) is 0 Å². The Balaban J connectivity index is 2.06. The van der Waals surface area contributed by atoms with Crippen LogP contribution in [0.5, 0.6) is 0 Å². The fourth-order valence-corrected chi connectivity index (χ4v) is 3.26. The van der Waals surface area contributed by atoms with E-state index in [0.29, 0.717) is 17.2 Å². The van der Waals surface area contributed by atoms with E-state index in [0.717, 1.165) is 36.6 Å². The topological polar surface area (TPSA) is 46.3 Å². The Morgan fingerprint density at radius 1 is 1.30 bits per heavy atom. The summed E-state index contributed by atoms with van der Waals surface area (Å²) in [5, 5.41) is 0. The predicted octanol–water partition coefficient (Wildman–Crippen LogP) is 3.64.